The molecular formula is C21H27N3O2. The van der Waals surface area contributed by atoms with E-state index in [4.69, 9.17) is 10.5 Å². The van der Waals surface area contributed by atoms with E-state index in [1.165, 1.54) is 18.4 Å². The highest BCUT2D eigenvalue weighted by Crippen LogP contribution is 2.34. The van der Waals surface area contributed by atoms with Crippen LogP contribution in [0.15, 0.2) is 42.5 Å². The minimum absolute atomic E-state index is 0.00921. The molecule has 0 radical (unpaired) electrons. The fourth-order valence-electron chi connectivity index (χ4n) is 3.21. The Morgan fingerprint density at radius 3 is 2.77 bits per heavy atom. The number of nitrogens with two attached hydrogens (primary N) is 1. The number of unbranched alkanes of at least 4 members (excludes halogenated alkanes) is 1. The van der Waals surface area contributed by atoms with Gasteiger partial charge in [0.2, 0.25) is 5.91 Å². The Labute approximate surface area is 155 Å². The van der Waals surface area contributed by atoms with E-state index in [1.807, 2.05) is 42.2 Å². The zero-order chi connectivity index (χ0) is 18.5. The summed E-state index contributed by atoms with van der Waals surface area (Å²) in [6.07, 6.45) is 3.46. The number of hydrogen-bond donors (Lipinski definition) is 2. The number of hydrogen-bond acceptors (Lipinski definition) is 4. The lowest BCUT2D eigenvalue weighted by Crippen LogP contribution is -2.42. The van der Waals surface area contributed by atoms with Gasteiger partial charge in [-0.3, -0.25) is 4.79 Å². The molecule has 0 saturated carbocycles. The van der Waals surface area contributed by atoms with Crippen LogP contribution in [0.4, 0.5) is 17.1 Å². The Bertz CT molecular complexity index is 758. The second kappa shape index (κ2) is 8.13. The Morgan fingerprint density at radius 1 is 1.27 bits per heavy atom. The molecule has 0 spiro atoms. The van der Waals surface area contributed by atoms with E-state index in [0.29, 0.717) is 12.2 Å². The van der Waals surface area contributed by atoms with Crippen LogP contribution in [-0.4, -0.2) is 25.1 Å². The summed E-state index contributed by atoms with van der Waals surface area (Å²) in [5.41, 5.74) is 9.54. The topological polar surface area (TPSA) is 67.6 Å². The quantitative estimate of drug-likeness (QED) is 0.775. The summed E-state index contributed by atoms with van der Waals surface area (Å²) in [5.74, 6) is 0.694. The predicted octanol–water partition coefficient (Wildman–Crippen LogP) is 3.84. The smallest absolute Gasteiger partial charge is 0.243 e. The van der Waals surface area contributed by atoms with Gasteiger partial charge >= 0.3 is 0 Å². The fourth-order valence-corrected chi connectivity index (χ4v) is 3.21. The molecule has 2 aromatic carbocycles. The van der Waals surface area contributed by atoms with Crippen molar-refractivity contribution in [2.24, 2.45) is 0 Å². The van der Waals surface area contributed by atoms with Gasteiger partial charge in [-0.1, -0.05) is 25.5 Å². The average molecular weight is 353 g/mol. The lowest BCUT2D eigenvalue weighted by molar-refractivity contribution is -0.115. The van der Waals surface area contributed by atoms with Crippen molar-refractivity contribution in [3.8, 4) is 5.75 Å². The fraction of sp³-hybridized carbons (Fsp3) is 0.381. The van der Waals surface area contributed by atoms with E-state index in [2.05, 4.69) is 24.4 Å². The predicted molar refractivity (Wildman–Crippen MR) is 107 cm³/mol. The number of nitrogen functional groups attached to an aromatic ring is 1. The molecule has 0 aliphatic carbocycles. The van der Waals surface area contributed by atoms with Gasteiger partial charge in [-0.25, -0.2) is 0 Å². The summed E-state index contributed by atoms with van der Waals surface area (Å²) in [6, 6.07) is 13.7. The Hall–Kier alpha value is -2.69. The van der Waals surface area contributed by atoms with Gasteiger partial charge in [-0.15, -0.1) is 0 Å². The number of nitrogens with one attached hydrogen (secondary N) is 1. The molecule has 26 heavy (non-hydrogen) atoms. The first-order valence-electron chi connectivity index (χ1n) is 9.25. The van der Waals surface area contributed by atoms with Crippen molar-refractivity contribution in [2.75, 3.05) is 29.0 Å². The number of anilines is 3. The maximum Gasteiger partial charge on any atom is 0.243 e. The van der Waals surface area contributed by atoms with Crippen molar-refractivity contribution < 1.29 is 9.53 Å². The van der Waals surface area contributed by atoms with Gasteiger partial charge in [0.25, 0.3) is 0 Å². The van der Waals surface area contributed by atoms with Crippen LogP contribution in [-0.2, 0) is 11.2 Å². The highest BCUT2D eigenvalue weighted by Gasteiger charge is 2.24. The SMILES string of the molecule is CCCCc1ccc(NC(=O)CN2CC(C)Oc3cc(N)ccc32)cc1. The van der Waals surface area contributed by atoms with Gasteiger partial charge in [0.15, 0.2) is 0 Å². The number of aryl methyl sites for hydroxylation is 1. The lowest BCUT2D eigenvalue weighted by atomic mass is 10.1. The molecule has 3 rings (SSSR count). The van der Waals surface area contributed by atoms with Gasteiger partial charge in [0, 0.05) is 17.4 Å². The van der Waals surface area contributed by atoms with E-state index in [9.17, 15) is 4.79 Å². The van der Waals surface area contributed by atoms with Crippen LogP contribution in [0.5, 0.6) is 5.75 Å². The zero-order valence-electron chi connectivity index (χ0n) is 15.5. The molecule has 5 nitrogen and oxygen atoms in total. The van der Waals surface area contributed by atoms with Gasteiger partial charge in [-0.2, -0.15) is 0 Å². The number of amides is 1. The minimum atomic E-state index is -0.0387. The molecule has 0 saturated heterocycles. The first-order valence-corrected chi connectivity index (χ1v) is 9.25. The third kappa shape index (κ3) is 4.48. The Balaban J connectivity index is 1.63. The molecule has 1 aliphatic rings. The molecule has 5 heteroatoms. The largest absolute Gasteiger partial charge is 0.487 e. The van der Waals surface area contributed by atoms with E-state index in [1.54, 1.807) is 0 Å². The monoisotopic (exact) mass is 353 g/mol. The number of benzene rings is 2. The standard InChI is InChI=1S/C21H27N3O2/c1-3-4-5-16-6-9-18(10-7-16)23-21(25)14-24-13-15(2)26-20-12-17(22)8-11-19(20)24/h6-12,15H,3-5,13-14,22H2,1-2H3,(H,23,25). The third-order valence-electron chi connectivity index (χ3n) is 4.52. The summed E-state index contributed by atoms with van der Waals surface area (Å²) < 4.78 is 5.83. The molecule has 1 amide bonds. The number of rotatable bonds is 6. The molecular weight excluding hydrogens is 326 g/mol. The van der Waals surface area contributed by atoms with Crippen molar-refractivity contribution >= 4 is 23.0 Å². The molecule has 1 atom stereocenters. The number of carbonyl (C=O) groups excluding carboxylic acids is 1. The normalized spacial score (nSPS) is 15.9. The number of fused-ring (bicyclic) bond motifs is 1. The lowest BCUT2D eigenvalue weighted by Gasteiger charge is -2.34. The zero-order valence-corrected chi connectivity index (χ0v) is 15.5. The van der Waals surface area contributed by atoms with Crippen molar-refractivity contribution in [3.63, 3.8) is 0 Å². The van der Waals surface area contributed by atoms with Gasteiger partial charge < -0.3 is 20.7 Å². The second-order valence-electron chi connectivity index (χ2n) is 6.88. The highest BCUT2D eigenvalue weighted by atomic mass is 16.5. The van der Waals surface area contributed by atoms with Crippen LogP contribution >= 0.6 is 0 Å². The molecule has 138 valence electrons. The van der Waals surface area contributed by atoms with Crippen LogP contribution in [0, 0.1) is 0 Å². The maximum absolute atomic E-state index is 12.5. The van der Waals surface area contributed by atoms with E-state index in [-0.39, 0.29) is 18.6 Å². The molecule has 3 N–H and O–H groups in total. The van der Waals surface area contributed by atoms with Gasteiger partial charge in [0.1, 0.15) is 11.9 Å². The average Bonchev–Trinajstić information content (AvgIpc) is 2.60. The van der Waals surface area contributed by atoms with E-state index < -0.39 is 0 Å². The number of ether oxygens (including phenoxy) is 1. The van der Waals surface area contributed by atoms with E-state index >= 15 is 0 Å². The summed E-state index contributed by atoms with van der Waals surface area (Å²) >= 11 is 0. The molecule has 1 aliphatic heterocycles. The highest BCUT2D eigenvalue weighted by molar-refractivity contribution is 5.94. The van der Waals surface area contributed by atoms with Crippen molar-refractivity contribution in [1.82, 2.24) is 0 Å². The Morgan fingerprint density at radius 2 is 2.04 bits per heavy atom. The Kier molecular flexibility index (Phi) is 5.66. The maximum atomic E-state index is 12.5. The molecule has 2 aromatic rings. The van der Waals surface area contributed by atoms with E-state index in [0.717, 1.165) is 23.5 Å². The summed E-state index contributed by atoms with van der Waals surface area (Å²) in [4.78, 5) is 14.5. The molecule has 1 unspecified atom stereocenters. The molecule has 0 aromatic heterocycles. The van der Waals surface area contributed by atoms with Crippen molar-refractivity contribution in [2.45, 2.75) is 39.2 Å². The van der Waals surface area contributed by atoms with Crippen LogP contribution in [0.3, 0.4) is 0 Å². The van der Waals surface area contributed by atoms with Gasteiger partial charge in [-0.05, 0) is 49.6 Å². The summed E-state index contributed by atoms with van der Waals surface area (Å²) in [5, 5.41) is 2.98. The minimum Gasteiger partial charge on any atom is -0.487 e. The summed E-state index contributed by atoms with van der Waals surface area (Å²) in [6.45, 7) is 5.13. The van der Waals surface area contributed by atoms with Crippen LogP contribution in [0.25, 0.3) is 0 Å². The van der Waals surface area contributed by atoms with Crippen LogP contribution < -0.4 is 20.7 Å². The number of carbonyl (C=O) groups is 1. The second-order valence-corrected chi connectivity index (χ2v) is 6.88. The first kappa shape index (κ1) is 18.1. The molecule has 0 bridgehead atoms. The molecule has 1 heterocycles. The van der Waals surface area contributed by atoms with Crippen LogP contribution in [0.1, 0.15) is 32.3 Å². The molecule has 0 fully saturated rings. The van der Waals surface area contributed by atoms with Gasteiger partial charge in [0.05, 0.1) is 18.8 Å². The number of nitrogens with zero attached hydrogens (tertiary/aromatic N) is 1. The van der Waals surface area contributed by atoms with Crippen LogP contribution in [0.2, 0.25) is 0 Å². The van der Waals surface area contributed by atoms with Crippen molar-refractivity contribution in [3.05, 3.63) is 48.0 Å². The van der Waals surface area contributed by atoms with Crippen molar-refractivity contribution in [1.29, 1.82) is 0 Å². The summed E-state index contributed by atoms with van der Waals surface area (Å²) in [7, 11) is 0. The third-order valence-corrected chi connectivity index (χ3v) is 4.52. The first-order chi connectivity index (χ1) is 12.5.